The predicted molar refractivity (Wildman–Crippen MR) is 145 cm³/mol. The van der Waals surface area contributed by atoms with Crippen LogP contribution >= 0.6 is 0 Å². The Morgan fingerprint density at radius 3 is 1.73 bits per heavy atom. The van der Waals surface area contributed by atoms with Gasteiger partial charge in [-0.05, 0) is 41.5 Å². The molecule has 0 aromatic heterocycles. The molecule has 1 heterocycles. The van der Waals surface area contributed by atoms with Gasteiger partial charge in [-0.1, -0.05) is 30.3 Å². The smallest absolute Gasteiger partial charge is 0.328 e. The van der Waals surface area contributed by atoms with E-state index in [1.807, 2.05) is 42.5 Å². The summed E-state index contributed by atoms with van der Waals surface area (Å²) in [7, 11) is 3.32. The first kappa shape index (κ1) is 30.3. The highest BCUT2D eigenvalue weighted by molar-refractivity contribution is 5.89. The minimum atomic E-state index is -1.26. The summed E-state index contributed by atoms with van der Waals surface area (Å²) >= 11 is 0. The number of rotatable bonds is 9. The molecule has 10 heteroatoms. The number of carboxylic acid groups (broad SMARTS) is 2. The Balaban J connectivity index is 0.000000482. The fraction of sp³-hybridized carbons (Fsp3) is 0.267. The lowest BCUT2D eigenvalue weighted by atomic mass is 9.96. The molecule has 0 amide bonds. The largest absolute Gasteiger partial charge is 0.497 e. The van der Waals surface area contributed by atoms with Gasteiger partial charge in [0.05, 0.1) is 20.3 Å². The van der Waals surface area contributed by atoms with E-state index in [9.17, 15) is 18.4 Å². The number of methoxy groups -OCH3 is 2. The van der Waals surface area contributed by atoms with E-state index in [-0.39, 0.29) is 17.7 Å². The molecule has 0 aliphatic carbocycles. The summed E-state index contributed by atoms with van der Waals surface area (Å²) in [5.41, 5.74) is 3.13. The van der Waals surface area contributed by atoms with Crippen LogP contribution in [0.5, 0.6) is 11.5 Å². The maximum atomic E-state index is 13.5. The lowest BCUT2D eigenvalue weighted by Gasteiger charge is -2.40. The van der Waals surface area contributed by atoms with E-state index in [0.717, 1.165) is 60.9 Å². The second kappa shape index (κ2) is 14.8. The van der Waals surface area contributed by atoms with Crippen LogP contribution in [-0.2, 0) is 16.1 Å². The normalized spacial score (nSPS) is 14.0. The third kappa shape index (κ3) is 8.89. The standard InChI is InChI=1S/C26H28F2N2O2.C4H4O4/c1-31-24-12-7-21(25(17-24)32-2)18-29-13-15-30(16-14-29)26(19-3-8-22(27)9-4-19)20-5-10-23(28)11-6-20;5-3(6)1-2-4(7)8/h3-12,17,26H,13-16,18H2,1-2H3;1-2H,(H,5,6)(H,7,8)/b;2-1+. The van der Waals surface area contributed by atoms with Crippen molar-refractivity contribution in [2.24, 2.45) is 0 Å². The molecular weight excluding hydrogens is 522 g/mol. The van der Waals surface area contributed by atoms with Gasteiger partial charge < -0.3 is 19.7 Å². The number of halogens is 2. The fourth-order valence-electron chi connectivity index (χ4n) is 4.45. The summed E-state index contributed by atoms with van der Waals surface area (Å²) in [5.74, 6) is -1.44. The number of ether oxygens (including phenoxy) is 2. The van der Waals surface area contributed by atoms with Crippen LogP contribution in [0.4, 0.5) is 8.78 Å². The molecule has 212 valence electrons. The number of carboxylic acids is 2. The molecule has 8 nitrogen and oxygen atoms in total. The van der Waals surface area contributed by atoms with Crippen LogP contribution in [0.15, 0.2) is 78.9 Å². The molecule has 1 fully saturated rings. The van der Waals surface area contributed by atoms with Crippen molar-refractivity contribution in [2.45, 2.75) is 12.6 Å². The van der Waals surface area contributed by atoms with Gasteiger partial charge in [0.25, 0.3) is 0 Å². The Kier molecular flexibility index (Phi) is 11.2. The van der Waals surface area contributed by atoms with Gasteiger partial charge in [-0.3, -0.25) is 9.80 Å². The number of hydrogen-bond acceptors (Lipinski definition) is 6. The van der Waals surface area contributed by atoms with Crippen molar-refractivity contribution in [3.8, 4) is 11.5 Å². The van der Waals surface area contributed by atoms with Gasteiger partial charge in [-0.25, -0.2) is 18.4 Å². The van der Waals surface area contributed by atoms with E-state index in [4.69, 9.17) is 19.7 Å². The van der Waals surface area contributed by atoms with Gasteiger partial charge in [0.2, 0.25) is 0 Å². The van der Waals surface area contributed by atoms with Crippen molar-refractivity contribution < 1.29 is 38.1 Å². The number of carbonyl (C=O) groups is 2. The fourth-order valence-corrected chi connectivity index (χ4v) is 4.45. The Hall–Kier alpha value is -4.28. The van der Waals surface area contributed by atoms with Crippen LogP contribution < -0.4 is 9.47 Å². The third-order valence-electron chi connectivity index (χ3n) is 6.40. The first-order valence-electron chi connectivity index (χ1n) is 12.5. The van der Waals surface area contributed by atoms with E-state index in [2.05, 4.69) is 9.80 Å². The van der Waals surface area contributed by atoms with Crippen molar-refractivity contribution in [3.63, 3.8) is 0 Å². The van der Waals surface area contributed by atoms with E-state index >= 15 is 0 Å². The minimum Gasteiger partial charge on any atom is -0.497 e. The van der Waals surface area contributed by atoms with Crippen LogP contribution in [0.3, 0.4) is 0 Å². The van der Waals surface area contributed by atoms with Gasteiger partial charge in [-0.2, -0.15) is 0 Å². The number of piperazine rings is 1. The molecule has 1 saturated heterocycles. The van der Waals surface area contributed by atoms with Crippen molar-refractivity contribution in [3.05, 3.63) is 107 Å². The lowest BCUT2D eigenvalue weighted by molar-refractivity contribution is -0.134. The molecule has 3 aromatic rings. The molecule has 4 rings (SSSR count). The Morgan fingerprint density at radius 2 is 1.30 bits per heavy atom. The van der Waals surface area contributed by atoms with E-state index < -0.39 is 11.9 Å². The summed E-state index contributed by atoms with van der Waals surface area (Å²) in [5, 5.41) is 15.6. The number of nitrogens with zero attached hydrogens (tertiary/aromatic N) is 2. The molecule has 0 bridgehead atoms. The monoisotopic (exact) mass is 554 g/mol. The molecule has 0 radical (unpaired) electrons. The second-order valence-corrected chi connectivity index (χ2v) is 9.01. The van der Waals surface area contributed by atoms with Crippen LogP contribution in [-0.4, -0.2) is 72.4 Å². The molecule has 3 aromatic carbocycles. The minimum absolute atomic E-state index is 0.0473. The lowest BCUT2D eigenvalue weighted by Crippen LogP contribution is -2.47. The average Bonchev–Trinajstić information content (AvgIpc) is 2.95. The Morgan fingerprint density at radius 1 is 0.800 bits per heavy atom. The van der Waals surface area contributed by atoms with Gasteiger partial charge in [-0.15, -0.1) is 0 Å². The molecule has 40 heavy (non-hydrogen) atoms. The van der Waals surface area contributed by atoms with Gasteiger partial charge in [0.1, 0.15) is 23.1 Å². The molecule has 0 unspecified atom stereocenters. The predicted octanol–water partition coefficient (Wildman–Crippen LogP) is 4.60. The zero-order valence-electron chi connectivity index (χ0n) is 22.3. The number of hydrogen-bond donors (Lipinski definition) is 2. The summed E-state index contributed by atoms with van der Waals surface area (Å²) in [6.07, 6.45) is 1.12. The van der Waals surface area contributed by atoms with Crippen molar-refractivity contribution in [1.29, 1.82) is 0 Å². The molecule has 0 spiro atoms. The molecule has 0 atom stereocenters. The maximum Gasteiger partial charge on any atom is 0.328 e. The first-order valence-corrected chi connectivity index (χ1v) is 12.5. The third-order valence-corrected chi connectivity index (χ3v) is 6.40. The van der Waals surface area contributed by atoms with Gasteiger partial charge in [0.15, 0.2) is 0 Å². The summed E-state index contributed by atoms with van der Waals surface area (Å²) in [6.45, 7) is 4.25. The van der Waals surface area contributed by atoms with E-state index in [1.54, 1.807) is 14.2 Å². The summed E-state index contributed by atoms with van der Waals surface area (Å²) in [4.78, 5) is 23.9. The van der Waals surface area contributed by atoms with Gasteiger partial charge >= 0.3 is 11.9 Å². The van der Waals surface area contributed by atoms with Crippen molar-refractivity contribution in [1.82, 2.24) is 9.80 Å². The number of benzene rings is 3. The van der Waals surface area contributed by atoms with Crippen LogP contribution in [0, 0.1) is 11.6 Å². The molecule has 1 aliphatic rings. The van der Waals surface area contributed by atoms with Crippen molar-refractivity contribution in [2.75, 3.05) is 40.4 Å². The van der Waals surface area contributed by atoms with Gasteiger partial charge in [0, 0.05) is 56.5 Å². The summed E-state index contributed by atoms with van der Waals surface area (Å²) in [6, 6.07) is 19.1. The molecular formula is C30H32F2N2O6. The van der Waals surface area contributed by atoms with Crippen molar-refractivity contribution >= 4 is 11.9 Å². The van der Waals surface area contributed by atoms with Crippen LogP contribution in [0.2, 0.25) is 0 Å². The van der Waals surface area contributed by atoms with E-state index in [1.165, 1.54) is 24.3 Å². The zero-order chi connectivity index (χ0) is 29.1. The SMILES string of the molecule is COc1ccc(CN2CCN(C(c3ccc(F)cc3)c3ccc(F)cc3)CC2)c(OC)c1.O=C(O)/C=C/C(=O)O. The highest BCUT2D eigenvalue weighted by Crippen LogP contribution is 2.31. The quantitative estimate of drug-likeness (QED) is 0.371. The first-order chi connectivity index (χ1) is 19.2. The maximum absolute atomic E-state index is 13.5. The van der Waals surface area contributed by atoms with E-state index in [0.29, 0.717) is 12.2 Å². The Bertz CT molecular complexity index is 1230. The average molecular weight is 555 g/mol. The highest BCUT2D eigenvalue weighted by atomic mass is 19.1. The highest BCUT2D eigenvalue weighted by Gasteiger charge is 2.27. The number of aliphatic carboxylic acids is 2. The molecule has 1 aliphatic heterocycles. The Labute approximate surface area is 231 Å². The topological polar surface area (TPSA) is 99.5 Å². The molecule has 0 saturated carbocycles. The van der Waals surface area contributed by atoms with Crippen LogP contribution in [0.25, 0.3) is 0 Å². The summed E-state index contributed by atoms with van der Waals surface area (Å²) < 4.78 is 37.9. The second-order valence-electron chi connectivity index (χ2n) is 9.01. The zero-order valence-corrected chi connectivity index (χ0v) is 22.3. The van der Waals surface area contributed by atoms with Crippen LogP contribution in [0.1, 0.15) is 22.7 Å². The molecule has 2 N–H and O–H groups in total.